The van der Waals surface area contributed by atoms with Crippen LogP contribution < -0.4 is 4.74 Å². The number of rotatable bonds is 4. The van der Waals surface area contributed by atoms with Crippen LogP contribution in [0.2, 0.25) is 0 Å². The lowest BCUT2D eigenvalue weighted by molar-refractivity contribution is 0.102. The quantitative estimate of drug-likeness (QED) is 0.914. The van der Waals surface area contributed by atoms with Gasteiger partial charge in [0, 0.05) is 0 Å². The maximum Gasteiger partial charge on any atom is 0.119 e. The van der Waals surface area contributed by atoms with Crippen molar-refractivity contribution in [3.05, 3.63) is 64.7 Å². The Bertz CT molecular complexity index is 617. The third kappa shape index (κ3) is 3.11. The smallest absolute Gasteiger partial charge is 0.119 e. The van der Waals surface area contributed by atoms with Gasteiger partial charge in [0.15, 0.2) is 0 Å². The Labute approximate surface area is 126 Å². The van der Waals surface area contributed by atoms with E-state index in [1.165, 1.54) is 11.1 Å². The standard InChI is InChI=1S/C19H22O2/c1-13-10-14(2)12-16(11-13)19(3,20)15-4-6-17(7-5-15)21-18-8-9-18/h4-7,10-12,18,20H,8-9H2,1-3H3. The molecule has 0 aromatic heterocycles. The second-order valence-electron chi connectivity index (χ2n) is 6.29. The van der Waals surface area contributed by atoms with Crippen molar-refractivity contribution >= 4 is 0 Å². The van der Waals surface area contributed by atoms with Gasteiger partial charge in [0.1, 0.15) is 11.4 Å². The van der Waals surface area contributed by atoms with Gasteiger partial charge < -0.3 is 9.84 Å². The molecule has 2 heteroatoms. The van der Waals surface area contributed by atoms with Crippen molar-refractivity contribution < 1.29 is 9.84 Å². The fraction of sp³-hybridized carbons (Fsp3) is 0.368. The Morgan fingerprint density at radius 1 is 0.952 bits per heavy atom. The Morgan fingerprint density at radius 2 is 1.52 bits per heavy atom. The molecule has 0 amide bonds. The van der Waals surface area contributed by atoms with E-state index in [-0.39, 0.29) is 0 Å². The first-order valence-electron chi connectivity index (χ1n) is 7.53. The molecule has 0 radical (unpaired) electrons. The molecule has 1 N–H and O–H groups in total. The zero-order chi connectivity index (χ0) is 15.0. The third-order valence-corrected chi connectivity index (χ3v) is 4.03. The highest BCUT2D eigenvalue weighted by Crippen LogP contribution is 2.33. The average Bonchev–Trinajstić information content (AvgIpc) is 3.22. The molecule has 110 valence electrons. The predicted molar refractivity (Wildman–Crippen MR) is 84.7 cm³/mol. The van der Waals surface area contributed by atoms with E-state index >= 15 is 0 Å². The van der Waals surface area contributed by atoms with E-state index in [0.29, 0.717) is 6.10 Å². The second-order valence-corrected chi connectivity index (χ2v) is 6.29. The van der Waals surface area contributed by atoms with E-state index in [0.717, 1.165) is 29.7 Å². The summed E-state index contributed by atoms with van der Waals surface area (Å²) in [5.74, 6) is 0.887. The summed E-state index contributed by atoms with van der Waals surface area (Å²) >= 11 is 0. The van der Waals surface area contributed by atoms with Crippen LogP contribution in [0.25, 0.3) is 0 Å². The molecule has 1 saturated carbocycles. The van der Waals surface area contributed by atoms with Crippen LogP contribution in [0.15, 0.2) is 42.5 Å². The van der Waals surface area contributed by atoms with Crippen molar-refractivity contribution in [3.63, 3.8) is 0 Å². The average molecular weight is 282 g/mol. The number of benzene rings is 2. The van der Waals surface area contributed by atoms with Gasteiger partial charge in [-0.15, -0.1) is 0 Å². The van der Waals surface area contributed by atoms with E-state index in [1.54, 1.807) is 0 Å². The second kappa shape index (κ2) is 5.19. The van der Waals surface area contributed by atoms with Gasteiger partial charge in [-0.2, -0.15) is 0 Å². The maximum atomic E-state index is 11.0. The molecule has 2 aromatic carbocycles. The van der Waals surface area contributed by atoms with Crippen LogP contribution in [0.1, 0.15) is 42.0 Å². The molecule has 3 rings (SSSR count). The molecular formula is C19H22O2. The number of hydrogen-bond acceptors (Lipinski definition) is 2. The lowest BCUT2D eigenvalue weighted by atomic mass is 9.86. The van der Waals surface area contributed by atoms with E-state index in [4.69, 9.17) is 4.74 Å². The molecule has 0 saturated heterocycles. The van der Waals surface area contributed by atoms with Crippen molar-refractivity contribution in [2.24, 2.45) is 0 Å². The molecule has 1 atom stereocenters. The summed E-state index contributed by atoms with van der Waals surface area (Å²) in [7, 11) is 0. The minimum absolute atomic E-state index is 0.399. The SMILES string of the molecule is Cc1cc(C)cc(C(C)(O)c2ccc(OC3CC3)cc2)c1. The number of ether oxygens (including phenoxy) is 1. The lowest BCUT2D eigenvalue weighted by Crippen LogP contribution is -2.23. The molecule has 0 heterocycles. The van der Waals surface area contributed by atoms with E-state index in [1.807, 2.05) is 43.3 Å². The van der Waals surface area contributed by atoms with Crippen LogP contribution in [-0.4, -0.2) is 11.2 Å². The van der Waals surface area contributed by atoms with Crippen LogP contribution in [-0.2, 0) is 5.60 Å². The summed E-state index contributed by atoms with van der Waals surface area (Å²) in [6.07, 6.45) is 2.71. The van der Waals surface area contributed by atoms with E-state index < -0.39 is 5.60 Å². The molecule has 0 aliphatic heterocycles. The van der Waals surface area contributed by atoms with E-state index in [2.05, 4.69) is 19.9 Å². The number of aliphatic hydroxyl groups is 1. The fourth-order valence-corrected chi connectivity index (χ4v) is 2.66. The topological polar surface area (TPSA) is 29.5 Å². The van der Waals surface area contributed by atoms with E-state index in [9.17, 15) is 5.11 Å². The monoisotopic (exact) mass is 282 g/mol. The molecule has 1 aliphatic rings. The van der Waals surface area contributed by atoms with Crippen LogP contribution in [0.3, 0.4) is 0 Å². The Hall–Kier alpha value is -1.80. The zero-order valence-corrected chi connectivity index (χ0v) is 12.9. The Kier molecular flexibility index (Phi) is 3.50. The van der Waals surface area contributed by atoms with Crippen molar-refractivity contribution in [1.29, 1.82) is 0 Å². The van der Waals surface area contributed by atoms with Gasteiger partial charge in [0.05, 0.1) is 6.10 Å². The summed E-state index contributed by atoms with van der Waals surface area (Å²) in [6.45, 7) is 5.95. The van der Waals surface area contributed by atoms with Gasteiger partial charge >= 0.3 is 0 Å². The molecule has 1 fully saturated rings. The fourth-order valence-electron chi connectivity index (χ4n) is 2.66. The summed E-state index contributed by atoms with van der Waals surface area (Å²) in [6, 6.07) is 14.0. The van der Waals surface area contributed by atoms with Crippen molar-refractivity contribution in [3.8, 4) is 5.75 Å². The normalized spacial score (nSPS) is 17.3. The highest BCUT2D eigenvalue weighted by molar-refractivity contribution is 5.41. The maximum absolute atomic E-state index is 11.0. The highest BCUT2D eigenvalue weighted by Gasteiger charge is 2.27. The van der Waals surface area contributed by atoms with Gasteiger partial charge in [0.25, 0.3) is 0 Å². The molecule has 0 spiro atoms. The van der Waals surface area contributed by atoms with Crippen LogP contribution in [0, 0.1) is 13.8 Å². The lowest BCUT2D eigenvalue weighted by Gasteiger charge is -2.25. The summed E-state index contributed by atoms with van der Waals surface area (Å²) in [5, 5.41) is 11.0. The van der Waals surface area contributed by atoms with Crippen molar-refractivity contribution in [2.45, 2.75) is 45.3 Å². The number of hydrogen-bond donors (Lipinski definition) is 1. The molecular weight excluding hydrogens is 260 g/mol. The van der Waals surface area contributed by atoms with Crippen LogP contribution >= 0.6 is 0 Å². The Morgan fingerprint density at radius 3 is 2.05 bits per heavy atom. The van der Waals surface area contributed by atoms with Crippen molar-refractivity contribution in [1.82, 2.24) is 0 Å². The molecule has 1 aliphatic carbocycles. The van der Waals surface area contributed by atoms with Gasteiger partial charge in [0.2, 0.25) is 0 Å². The summed E-state index contributed by atoms with van der Waals surface area (Å²) in [4.78, 5) is 0. The molecule has 0 bridgehead atoms. The molecule has 21 heavy (non-hydrogen) atoms. The largest absolute Gasteiger partial charge is 0.490 e. The van der Waals surface area contributed by atoms with Gasteiger partial charge in [-0.05, 0) is 56.9 Å². The summed E-state index contributed by atoms with van der Waals surface area (Å²) in [5.41, 5.74) is 3.15. The minimum Gasteiger partial charge on any atom is -0.490 e. The van der Waals surface area contributed by atoms with Gasteiger partial charge in [-0.3, -0.25) is 0 Å². The van der Waals surface area contributed by atoms with Crippen LogP contribution in [0.5, 0.6) is 5.75 Å². The minimum atomic E-state index is -0.991. The Balaban J connectivity index is 1.88. The van der Waals surface area contributed by atoms with Gasteiger partial charge in [-0.25, -0.2) is 0 Å². The molecule has 2 aromatic rings. The molecule has 1 unspecified atom stereocenters. The number of aryl methyl sites for hydroxylation is 2. The predicted octanol–water partition coefficient (Wildman–Crippen LogP) is 4.10. The summed E-state index contributed by atoms with van der Waals surface area (Å²) < 4.78 is 5.76. The first-order chi connectivity index (χ1) is 9.95. The highest BCUT2D eigenvalue weighted by atomic mass is 16.5. The van der Waals surface area contributed by atoms with Gasteiger partial charge in [-0.1, -0.05) is 41.5 Å². The van der Waals surface area contributed by atoms with Crippen LogP contribution in [0.4, 0.5) is 0 Å². The first-order valence-corrected chi connectivity index (χ1v) is 7.53. The van der Waals surface area contributed by atoms with Crippen molar-refractivity contribution in [2.75, 3.05) is 0 Å². The third-order valence-electron chi connectivity index (χ3n) is 4.03. The first kappa shape index (κ1) is 14.2. The molecule has 2 nitrogen and oxygen atoms in total. The zero-order valence-electron chi connectivity index (χ0n) is 12.9.